The SMILES string of the molecule is CC(O)CN(CCC(=O)Nc1cccc(Br)c1)C(C)C. The van der Waals surface area contributed by atoms with Crippen molar-refractivity contribution in [2.45, 2.75) is 39.3 Å². The van der Waals surface area contributed by atoms with Crippen LogP contribution in [-0.4, -0.2) is 41.1 Å². The summed E-state index contributed by atoms with van der Waals surface area (Å²) in [5.41, 5.74) is 0.788. The van der Waals surface area contributed by atoms with E-state index in [-0.39, 0.29) is 12.0 Å². The Morgan fingerprint density at radius 3 is 2.65 bits per heavy atom. The summed E-state index contributed by atoms with van der Waals surface area (Å²) < 4.78 is 0.938. The third-order valence-corrected chi connectivity index (χ3v) is 3.46. The molecule has 1 atom stereocenters. The Morgan fingerprint density at radius 2 is 2.10 bits per heavy atom. The average Bonchev–Trinajstić information content (AvgIpc) is 2.33. The number of rotatable bonds is 7. The number of benzene rings is 1. The molecule has 0 aliphatic carbocycles. The molecule has 0 fully saturated rings. The molecule has 1 amide bonds. The molecule has 0 saturated carbocycles. The third kappa shape index (κ3) is 6.50. The maximum atomic E-state index is 11.9. The van der Waals surface area contributed by atoms with Crippen LogP contribution in [0.25, 0.3) is 0 Å². The number of nitrogens with zero attached hydrogens (tertiary/aromatic N) is 1. The van der Waals surface area contributed by atoms with Gasteiger partial charge in [0, 0.05) is 35.7 Å². The zero-order valence-electron chi connectivity index (χ0n) is 12.3. The number of hydrogen-bond acceptors (Lipinski definition) is 3. The molecule has 1 aromatic rings. The van der Waals surface area contributed by atoms with Gasteiger partial charge < -0.3 is 10.4 Å². The zero-order valence-corrected chi connectivity index (χ0v) is 13.9. The minimum Gasteiger partial charge on any atom is -0.392 e. The summed E-state index contributed by atoms with van der Waals surface area (Å²) in [7, 11) is 0. The molecule has 112 valence electrons. The molecule has 0 radical (unpaired) electrons. The highest BCUT2D eigenvalue weighted by molar-refractivity contribution is 9.10. The molecule has 0 saturated heterocycles. The molecule has 0 aliphatic heterocycles. The Hall–Kier alpha value is -0.910. The van der Waals surface area contributed by atoms with Crippen LogP contribution in [0.2, 0.25) is 0 Å². The van der Waals surface area contributed by atoms with Gasteiger partial charge in [-0.25, -0.2) is 0 Å². The van der Waals surface area contributed by atoms with E-state index in [0.717, 1.165) is 10.2 Å². The Kier molecular flexibility index (Phi) is 7.19. The van der Waals surface area contributed by atoms with E-state index in [1.165, 1.54) is 0 Å². The van der Waals surface area contributed by atoms with Crippen molar-refractivity contribution in [2.75, 3.05) is 18.4 Å². The summed E-state index contributed by atoms with van der Waals surface area (Å²) in [6.45, 7) is 7.12. The van der Waals surface area contributed by atoms with Gasteiger partial charge in [-0.2, -0.15) is 0 Å². The molecule has 0 aromatic heterocycles. The second-order valence-corrected chi connectivity index (χ2v) is 6.16. The number of carbonyl (C=O) groups excluding carboxylic acids is 1. The van der Waals surface area contributed by atoms with Crippen molar-refractivity contribution in [3.63, 3.8) is 0 Å². The smallest absolute Gasteiger partial charge is 0.225 e. The van der Waals surface area contributed by atoms with Crippen molar-refractivity contribution in [1.29, 1.82) is 0 Å². The van der Waals surface area contributed by atoms with Crippen molar-refractivity contribution < 1.29 is 9.90 Å². The minimum absolute atomic E-state index is 0.0145. The van der Waals surface area contributed by atoms with Gasteiger partial charge in [-0.05, 0) is 39.0 Å². The Morgan fingerprint density at radius 1 is 1.40 bits per heavy atom. The molecule has 0 heterocycles. The van der Waals surface area contributed by atoms with E-state index >= 15 is 0 Å². The highest BCUT2D eigenvalue weighted by Gasteiger charge is 2.13. The standard InChI is InChI=1S/C15H23BrN2O2/c1-11(2)18(10-12(3)19)8-7-15(20)17-14-6-4-5-13(16)9-14/h4-6,9,11-12,19H,7-8,10H2,1-3H3,(H,17,20). The van der Waals surface area contributed by atoms with Crippen LogP contribution in [0.15, 0.2) is 28.7 Å². The quantitative estimate of drug-likeness (QED) is 0.800. The monoisotopic (exact) mass is 342 g/mol. The number of anilines is 1. The summed E-state index contributed by atoms with van der Waals surface area (Å²) in [5, 5.41) is 12.3. The van der Waals surface area contributed by atoms with Gasteiger partial charge in [-0.15, -0.1) is 0 Å². The molecule has 0 bridgehead atoms. The van der Waals surface area contributed by atoms with Gasteiger partial charge in [0.2, 0.25) is 5.91 Å². The maximum Gasteiger partial charge on any atom is 0.225 e. The van der Waals surface area contributed by atoms with Gasteiger partial charge in [-0.1, -0.05) is 22.0 Å². The lowest BCUT2D eigenvalue weighted by atomic mass is 10.2. The lowest BCUT2D eigenvalue weighted by Gasteiger charge is -2.27. The lowest BCUT2D eigenvalue weighted by molar-refractivity contribution is -0.116. The van der Waals surface area contributed by atoms with E-state index in [1.54, 1.807) is 6.92 Å². The molecule has 2 N–H and O–H groups in total. The Bertz CT molecular complexity index is 436. The summed E-state index contributed by atoms with van der Waals surface area (Å²) in [6.07, 6.45) is 0.0303. The summed E-state index contributed by atoms with van der Waals surface area (Å²) in [4.78, 5) is 14.0. The highest BCUT2D eigenvalue weighted by Crippen LogP contribution is 2.15. The summed E-state index contributed by atoms with van der Waals surface area (Å²) in [6, 6.07) is 7.84. The van der Waals surface area contributed by atoms with Gasteiger partial charge >= 0.3 is 0 Å². The van der Waals surface area contributed by atoms with E-state index in [2.05, 4.69) is 40.0 Å². The fourth-order valence-corrected chi connectivity index (χ4v) is 2.33. The predicted octanol–water partition coefficient (Wildman–Crippen LogP) is 2.87. The molecule has 0 spiro atoms. The van der Waals surface area contributed by atoms with Gasteiger partial charge in [0.05, 0.1) is 6.10 Å². The predicted molar refractivity (Wildman–Crippen MR) is 85.8 cm³/mol. The minimum atomic E-state index is -0.384. The fraction of sp³-hybridized carbons (Fsp3) is 0.533. The van der Waals surface area contributed by atoms with Gasteiger partial charge in [0.25, 0.3) is 0 Å². The molecule has 0 aliphatic rings. The first-order valence-electron chi connectivity index (χ1n) is 6.86. The van der Waals surface area contributed by atoms with E-state index < -0.39 is 0 Å². The van der Waals surface area contributed by atoms with Crippen molar-refractivity contribution >= 4 is 27.5 Å². The van der Waals surface area contributed by atoms with Gasteiger partial charge in [-0.3, -0.25) is 9.69 Å². The van der Waals surface area contributed by atoms with Crippen LogP contribution in [0.4, 0.5) is 5.69 Å². The molecule has 1 rings (SSSR count). The van der Waals surface area contributed by atoms with Crippen molar-refractivity contribution in [2.24, 2.45) is 0 Å². The first kappa shape index (κ1) is 17.1. The van der Waals surface area contributed by atoms with E-state index in [0.29, 0.717) is 25.6 Å². The normalized spacial score (nSPS) is 12.8. The number of aliphatic hydroxyl groups is 1. The van der Waals surface area contributed by atoms with Crippen LogP contribution >= 0.6 is 15.9 Å². The fourth-order valence-electron chi connectivity index (χ4n) is 1.93. The molecule has 4 nitrogen and oxygen atoms in total. The van der Waals surface area contributed by atoms with Crippen LogP contribution in [-0.2, 0) is 4.79 Å². The number of halogens is 1. The number of aliphatic hydroxyl groups excluding tert-OH is 1. The van der Waals surface area contributed by atoms with E-state index in [9.17, 15) is 9.90 Å². The third-order valence-electron chi connectivity index (χ3n) is 2.96. The maximum absolute atomic E-state index is 11.9. The van der Waals surface area contributed by atoms with Gasteiger partial charge in [0.1, 0.15) is 0 Å². The molecule has 1 aromatic carbocycles. The lowest BCUT2D eigenvalue weighted by Crippen LogP contribution is -2.38. The van der Waals surface area contributed by atoms with Crippen LogP contribution in [0.1, 0.15) is 27.2 Å². The average molecular weight is 343 g/mol. The number of hydrogen-bond donors (Lipinski definition) is 2. The van der Waals surface area contributed by atoms with Gasteiger partial charge in [0.15, 0.2) is 0 Å². The van der Waals surface area contributed by atoms with Crippen LogP contribution in [0.5, 0.6) is 0 Å². The topological polar surface area (TPSA) is 52.6 Å². The van der Waals surface area contributed by atoms with E-state index in [4.69, 9.17) is 0 Å². The second-order valence-electron chi connectivity index (χ2n) is 5.25. The first-order chi connectivity index (χ1) is 9.38. The largest absolute Gasteiger partial charge is 0.392 e. The van der Waals surface area contributed by atoms with Crippen LogP contribution < -0.4 is 5.32 Å². The van der Waals surface area contributed by atoms with Crippen molar-refractivity contribution in [1.82, 2.24) is 4.90 Å². The highest BCUT2D eigenvalue weighted by atomic mass is 79.9. The number of carbonyl (C=O) groups is 1. The van der Waals surface area contributed by atoms with Crippen molar-refractivity contribution in [3.05, 3.63) is 28.7 Å². The molecule has 5 heteroatoms. The van der Waals surface area contributed by atoms with Crippen molar-refractivity contribution in [3.8, 4) is 0 Å². The Balaban J connectivity index is 2.45. The second kappa shape index (κ2) is 8.39. The van der Waals surface area contributed by atoms with Crippen LogP contribution in [0, 0.1) is 0 Å². The number of amides is 1. The molecular formula is C15H23BrN2O2. The number of nitrogens with one attached hydrogen (secondary N) is 1. The molecular weight excluding hydrogens is 320 g/mol. The Labute approximate surface area is 129 Å². The molecule has 1 unspecified atom stereocenters. The first-order valence-corrected chi connectivity index (χ1v) is 7.65. The van der Waals surface area contributed by atoms with E-state index in [1.807, 2.05) is 24.3 Å². The summed E-state index contributed by atoms with van der Waals surface area (Å²) >= 11 is 3.37. The molecule has 20 heavy (non-hydrogen) atoms. The van der Waals surface area contributed by atoms with Crippen LogP contribution in [0.3, 0.4) is 0 Å². The zero-order chi connectivity index (χ0) is 15.1. The summed E-state index contributed by atoms with van der Waals surface area (Å²) in [5.74, 6) is -0.0145.